The Morgan fingerprint density at radius 2 is 1.75 bits per heavy atom. The maximum Gasteiger partial charge on any atom is 0.182 e. The van der Waals surface area contributed by atoms with Crippen molar-refractivity contribution in [3.8, 4) is 0 Å². The van der Waals surface area contributed by atoms with Crippen molar-refractivity contribution in [2.75, 3.05) is 5.73 Å². The number of hydrogen-bond acceptors (Lipinski definition) is 3. The van der Waals surface area contributed by atoms with Crippen molar-refractivity contribution < 1.29 is 8.42 Å². The van der Waals surface area contributed by atoms with Crippen LogP contribution in [0.5, 0.6) is 0 Å². The van der Waals surface area contributed by atoms with E-state index in [-0.39, 0.29) is 5.75 Å². The molecule has 106 valence electrons. The first-order valence-corrected chi connectivity index (χ1v) is 8.10. The molecule has 0 saturated heterocycles. The van der Waals surface area contributed by atoms with Crippen molar-refractivity contribution in [1.82, 2.24) is 0 Å². The van der Waals surface area contributed by atoms with Crippen LogP contribution in [-0.2, 0) is 15.6 Å². The van der Waals surface area contributed by atoms with Gasteiger partial charge in [0.15, 0.2) is 9.84 Å². The van der Waals surface area contributed by atoms with Crippen molar-refractivity contribution in [2.24, 2.45) is 0 Å². The molecule has 2 aromatic rings. The zero-order valence-corrected chi connectivity index (χ0v) is 12.8. The van der Waals surface area contributed by atoms with E-state index in [1.54, 1.807) is 18.2 Å². The summed E-state index contributed by atoms with van der Waals surface area (Å²) in [6.07, 6.45) is 0. The third kappa shape index (κ3) is 2.85. The normalized spacial score (nSPS) is 11.6. The highest BCUT2D eigenvalue weighted by molar-refractivity contribution is 7.90. The van der Waals surface area contributed by atoms with Gasteiger partial charge in [0.2, 0.25) is 0 Å². The molecule has 2 aromatic carbocycles. The van der Waals surface area contributed by atoms with Crippen molar-refractivity contribution >= 4 is 15.5 Å². The van der Waals surface area contributed by atoms with Crippen LogP contribution in [0.4, 0.5) is 5.69 Å². The molecule has 20 heavy (non-hydrogen) atoms. The maximum absolute atomic E-state index is 12.6. The van der Waals surface area contributed by atoms with Gasteiger partial charge in [-0.3, -0.25) is 0 Å². The van der Waals surface area contributed by atoms with Crippen LogP contribution in [0.3, 0.4) is 0 Å². The largest absolute Gasteiger partial charge is 0.399 e. The van der Waals surface area contributed by atoms with Crippen LogP contribution in [0.15, 0.2) is 41.3 Å². The van der Waals surface area contributed by atoms with Crippen molar-refractivity contribution in [2.45, 2.75) is 31.4 Å². The van der Waals surface area contributed by atoms with E-state index in [1.165, 1.54) is 0 Å². The highest BCUT2D eigenvalue weighted by Gasteiger charge is 2.19. The summed E-state index contributed by atoms with van der Waals surface area (Å²) >= 11 is 0. The molecule has 0 saturated carbocycles. The van der Waals surface area contributed by atoms with E-state index >= 15 is 0 Å². The number of sulfone groups is 1. The summed E-state index contributed by atoms with van der Waals surface area (Å²) in [6, 6.07) is 10.8. The highest BCUT2D eigenvalue weighted by atomic mass is 32.2. The maximum atomic E-state index is 12.6. The van der Waals surface area contributed by atoms with E-state index in [4.69, 9.17) is 5.73 Å². The van der Waals surface area contributed by atoms with E-state index in [9.17, 15) is 8.42 Å². The molecular formula is C16H19NO2S. The molecule has 4 heteroatoms. The van der Waals surface area contributed by atoms with Gasteiger partial charge in [-0.05, 0) is 49.6 Å². The molecule has 0 amide bonds. The fourth-order valence-corrected chi connectivity index (χ4v) is 3.99. The standard InChI is InChI=1S/C16H19NO2S/c1-11-7-8-16(12(2)9-11)20(18,19)10-14-5-4-6-15(17)13(14)3/h4-9H,10,17H2,1-3H3. The van der Waals surface area contributed by atoms with Crippen molar-refractivity contribution in [1.29, 1.82) is 0 Å². The number of hydrogen-bond donors (Lipinski definition) is 1. The minimum Gasteiger partial charge on any atom is -0.399 e. The number of anilines is 1. The lowest BCUT2D eigenvalue weighted by Crippen LogP contribution is -2.08. The Bertz CT molecular complexity index is 749. The summed E-state index contributed by atoms with van der Waals surface area (Å²) in [5, 5.41) is 0. The molecule has 0 spiro atoms. The second-order valence-electron chi connectivity index (χ2n) is 5.16. The minimum atomic E-state index is -3.36. The van der Waals surface area contributed by atoms with Crippen LogP contribution in [-0.4, -0.2) is 8.42 Å². The van der Waals surface area contributed by atoms with Crippen LogP contribution >= 0.6 is 0 Å². The van der Waals surface area contributed by atoms with Gasteiger partial charge < -0.3 is 5.73 Å². The van der Waals surface area contributed by atoms with Crippen LogP contribution < -0.4 is 5.73 Å². The van der Waals surface area contributed by atoms with Gasteiger partial charge in [0.25, 0.3) is 0 Å². The Labute approximate surface area is 120 Å². The average molecular weight is 289 g/mol. The predicted molar refractivity (Wildman–Crippen MR) is 82.4 cm³/mol. The van der Waals surface area contributed by atoms with Crippen molar-refractivity contribution in [3.05, 3.63) is 58.7 Å². The Kier molecular flexibility index (Phi) is 3.86. The van der Waals surface area contributed by atoms with Gasteiger partial charge in [0.05, 0.1) is 10.6 Å². The molecule has 0 aliphatic heterocycles. The van der Waals surface area contributed by atoms with E-state index < -0.39 is 9.84 Å². The summed E-state index contributed by atoms with van der Waals surface area (Å²) in [4.78, 5) is 0.393. The van der Waals surface area contributed by atoms with E-state index in [1.807, 2.05) is 39.0 Å². The van der Waals surface area contributed by atoms with E-state index in [0.717, 1.165) is 22.3 Å². The van der Waals surface area contributed by atoms with Gasteiger partial charge >= 0.3 is 0 Å². The molecule has 2 N–H and O–H groups in total. The van der Waals surface area contributed by atoms with Crippen molar-refractivity contribution in [3.63, 3.8) is 0 Å². The molecule has 0 aromatic heterocycles. The van der Waals surface area contributed by atoms with Gasteiger partial charge in [-0.2, -0.15) is 0 Å². The van der Waals surface area contributed by atoms with Crippen LogP contribution in [0, 0.1) is 20.8 Å². The molecule has 3 nitrogen and oxygen atoms in total. The molecular weight excluding hydrogens is 270 g/mol. The molecule has 0 bridgehead atoms. The monoisotopic (exact) mass is 289 g/mol. The Balaban J connectivity index is 2.44. The second kappa shape index (κ2) is 5.29. The van der Waals surface area contributed by atoms with E-state index in [0.29, 0.717) is 10.6 Å². The summed E-state index contributed by atoms with van der Waals surface area (Å²) in [7, 11) is -3.36. The van der Waals surface area contributed by atoms with Gasteiger partial charge in [0, 0.05) is 5.69 Å². The molecule has 2 rings (SSSR count). The minimum absolute atomic E-state index is 0.0201. The first-order chi connectivity index (χ1) is 9.31. The zero-order chi connectivity index (χ0) is 14.9. The highest BCUT2D eigenvalue weighted by Crippen LogP contribution is 2.24. The van der Waals surface area contributed by atoms with Gasteiger partial charge in [-0.15, -0.1) is 0 Å². The molecule has 0 atom stereocenters. The average Bonchev–Trinajstić information content (AvgIpc) is 2.34. The van der Waals surface area contributed by atoms with Gasteiger partial charge in [0.1, 0.15) is 0 Å². The quantitative estimate of drug-likeness (QED) is 0.883. The van der Waals surface area contributed by atoms with E-state index in [2.05, 4.69) is 0 Å². The summed E-state index contributed by atoms with van der Waals surface area (Å²) in [6.45, 7) is 5.62. The number of nitrogen functional groups attached to an aromatic ring is 1. The second-order valence-corrected chi connectivity index (χ2v) is 7.12. The Morgan fingerprint density at radius 1 is 1.05 bits per heavy atom. The smallest absolute Gasteiger partial charge is 0.182 e. The van der Waals surface area contributed by atoms with Gasteiger partial charge in [-0.1, -0.05) is 29.8 Å². The summed E-state index contributed by atoms with van der Waals surface area (Å²) in [5.41, 5.74) is 9.89. The molecule has 0 aliphatic rings. The number of nitrogens with two attached hydrogens (primary N) is 1. The predicted octanol–water partition coefficient (Wildman–Crippen LogP) is 3.17. The lowest BCUT2D eigenvalue weighted by molar-refractivity contribution is 0.594. The fourth-order valence-electron chi connectivity index (χ4n) is 2.29. The first-order valence-electron chi connectivity index (χ1n) is 6.45. The van der Waals surface area contributed by atoms with Crippen LogP contribution in [0.1, 0.15) is 22.3 Å². The summed E-state index contributed by atoms with van der Waals surface area (Å²) in [5.74, 6) is -0.0201. The van der Waals surface area contributed by atoms with Crippen LogP contribution in [0.25, 0.3) is 0 Å². The first kappa shape index (κ1) is 14.6. The zero-order valence-electron chi connectivity index (χ0n) is 12.0. The molecule has 0 heterocycles. The van der Waals surface area contributed by atoms with Gasteiger partial charge in [-0.25, -0.2) is 8.42 Å². The molecule has 0 unspecified atom stereocenters. The number of benzene rings is 2. The summed E-state index contributed by atoms with van der Waals surface area (Å²) < 4.78 is 25.1. The fraction of sp³-hybridized carbons (Fsp3) is 0.250. The topological polar surface area (TPSA) is 60.2 Å². The molecule has 0 fully saturated rings. The third-order valence-electron chi connectivity index (χ3n) is 3.50. The Hall–Kier alpha value is -1.81. The SMILES string of the molecule is Cc1ccc(S(=O)(=O)Cc2cccc(N)c2C)c(C)c1. The number of rotatable bonds is 3. The Morgan fingerprint density at radius 3 is 2.40 bits per heavy atom. The lowest BCUT2D eigenvalue weighted by atomic mass is 10.1. The third-order valence-corrected chi connectivity index (χ3v) is 5.32. The molecule has 0 radical (unpaired) electrons. The molecule has 0 aliphatic carbocycles. The number of aryl methyl sites for hydroxylation is 2. The van der Waals surface area contributed by atoms with Crippen LogP contribution in [0.2, 0.25) is 0 Å². The lowest BCUT2D eigenvalue weighted by Gasteiger charge is -2.11.